The number of esters is 1. The highest BCUT2D eigenvalue weighted by Gasteiger charge is 2.70. The quantitative estimate of drug-likeness (QED) is 0.276. The Hall–Kier alpha value is -2.38. The van der Waals surface area contributed by atoms with Crippen molar-refractivity contribution in [1.82, 2.24) is 10.6 Å². The minimum Gasteiger partial charge on any atom is -0.462 e. The number of fused-ring (bicyclic) bond motifs is 7. The highest BCUT2D eigenvalue weighted by Crippen LogP contribution is 2.76. The van der Waals surface area contributed by atoms with Gasteiger partial charge in [-0.05, 0) is 136 Å². The zero-order valence-electron chi connectivity index (χ0n) is 33.7. The number of carbonyl (C=O) groups excluding carboxylic acids is 4. The van der Waals surface area contributed by atoms with Crippen LogP contribution in [0, 0.1) is 45.3 Å². The van der Waals surface area contributed by atoms with Crippen molar-refractivity contribution in [3.05, 3.63) is 11.1 Å². The molecule has 8 nitrogen and oxygen atoms in total. The molecule has 0 heterocycles. The molecule has 0 unspecified atom stereocenters. The number of ketones is 1. The summed E-state index contributed by atoms with van der Waals surface area (Å²) in [5, 5.41) is 6.63. The fourth-order valence-electron chi connectivity index (χ4n) is 13.5. The van der Waals surface area contributed by atoms with E-state index in [0.29, 0.717) is 31.1 Å². The molecular weight excluding hydrogens is 640 g/mol. The third kappa shape index (κ3) is 5.99. The Balaban J connectivity index is 1.35. The van der Waals surface area contributed by atoms with Crippen molar-refractivity contribution < 1.29 is 28.7 Å². The molecule has 5 fully saturated rings. The lowest BCUT2D eigenvalue weighted by Crippen LogP contribution is -2.69. The Morgan fingerprint density at radius 3 is 2.06 bits per heavy atom. The number of alkyl carbamates (subject to hydrolysis) is 1. The van der Waals surface area contributed by atoms with Crippen molar-refractivity contribution in [3.63, 3.8) is 0 Å². The molecule has 0 aromatic rings. The monoisotopic (exact) mass is 709 g/mol. The zero-order valence-corrected chi connectivity index (χ0v) is 33.7. The Morgan fingerprint density at radius 1 is 0.784 bits per heavy atom. The Morgan fingerprint density at radius 2 is 1.45 bits per heavy atom. The maximum atomic E-state index is 14.7. The molecular formula is C43H68N2O6. The van der Waals surface area contributed by atoms with Crippen LogP contribution < -0.4 is 10.6 Å². The largest absolute Gasteiger partial charge is 0.462 e. The molecule has 0 spiro atoms. The van der Waals surface area contributed by atoms with Crippen molar-refractivity contribution in [2.45, 2.75) is 189 Å². The molecule has 6 aliphatic rings. The number of rotatable bonds is 5. The second-order valence-electron chi connectivity index (χ2n) is 20.5. The second kappa shape index (κ2) is 12.6. The fraction of sp³-hybridized carbons (Fsp3) is 0.860. The molecule has 2 amide bonds. The number of hydrogen-bond acceptors (Lipinski definition) is 6. The topological polar surface area (TPSA) is 111 Å². The molecule has 0 aliphatic heterocycles. The van der Waals surface area contributed by atoms with Gasteiger partial charge >= 0.3 is 12.1 Å². The molecule has 0 bridgehead atoms. The third-order valence-corrected chi connectivity index (χ3v) is 15.9. The van der Waals surface area contributed by atoms with Gasteiger partial charge in [-0.25, -0.2) is 4.79 Å². The summed E-state index contributed by atoms with van der Waals surface area (Å²) in [6, 6.07) is 0. The van der Waals surface area contributed by atoms with Gasteiger partial charge in [0.1, 0.15) is 17.2 Å². The number of ether oxygens (including phenoxy) is 2. The molecule has 0 saturated heterocycles. The number of nitrogens with one attached hydrogen (secondary N) is 2. The summed E-state index contributed by atoms with van der Waals surface area (Å²) in [4.78, 5) is 54.2. The first-order valence-electron chi connectivity index (χ1n) is 20.3. The van der Waals surface area contributed by atoms with E-state index in [2.05, 4.69) is 59.1 Å². The molecule has 5 saturated carbocycles. The first kappa shape index (κ1) is 38.3. The van der Waals surface area contributed by atoms with Crippen molar-refractivity contribution in [2.75, 3.05) is 0 Å². The van der Waals surface area contributed by atoms with Gasteiger partial charge in [0.05, 0.1) is 5.54 Å². The minimum atomic E-state index is -1.06. The molecule has 286 valence electrons. The van der Waals surface area contributed by atoms with E-state index in [-0.39, 0.29) is 57.3 Å². The number of hydrogen-bond donors (Lipinski definition) is 2. The predicted molar refractivity (Wildman–Crippen MR) is 199 cm³/mol. The van der Waals surface area contributed by atoms with Crippen LogP contribution >= 0.6 is 0 Å². The van der Waals surface area contributed by atoms with Gasteiger partial charge in [0.15, 0.2) is 5.78 Å². The molecule has 8 atom stereocenters. The average molecular weight is 709 g/mol. The number of allylic oxidation sites excluding steroid dienone is 1. The highest BCUT2D eigenvalue weighted by molar-refractivity contribution is 6.03. The van der Waals surface area contributed by atoms with E-state index < -0.39 is 22.8 Å². The average Bonchev–Trinajstić information content (AvgIpc) is 3.30. The van der Waals surface area contributed by atoms with E-state index in [1.54, 1.807) is 0 Å². The van der Waals surface area contributed by atoms with Crippen molar-refractivity contribution >= 4 is 23.8 Å². The SMILES string of the molecule is CC(=O)O[C@H]1CC[C@]2(C)[C@H]3CC[C@@H]4C5=C(C(C)C)C(=O)C[C@]5(NC(=O)C5(NC(=O)OC(C)(C)C)CCCCC5)CC[C@@]4(C)[C@]3(C)CC[C@H]2C1(C)C. The van der Waals surface area contributed by atoms with E-state index in [9.17, 15) is 19.2 Å². The molecule has 8 heteroatoms. The lowest BCUT2D eigenvalue weighted by atomic mass is 9.33. The van der Waals surface area contributed by atoms with Crippen LogP contribution in [0.15, 0.2) is 11.1 Å². The molecule has 2 N–H and O–H groups in total. The van der Waals surface area contributed by atoms with Crippen LogP contribution in [0.4, 0.5) is 4.79 Å². The standard InChI is InChI=1S/C43H68N2O6/c1-26(2)33-29(47)25-43(44-35(48)42(19-13-12-14-20-42)45-36(49)51-37(4,5)6)24-23-40(10)28(34(33)43)15-16-31-39(9)21-18-32(50-27(3)46)38(7,8)30(39)17-22-41(31,40)11/h26,28,30-32H,12-25H2,1-11H3,(H,44,48)(H,45,49)/t28-,30+,31-,32+,39+,40-,41-,43-/m1/s1. The number of carbonyl (C=O) groups is 4. The molecule has 6 rings (SSSR count). The zero-order chi connectivity index (χ0) is 37.6. The molecule has 6 aliphatic carbocycles. The molecule has 51 heavy (non-hydrogen) atoms. The van der Waals surface area contributed by atoms with Gasteiger partial charge < -0.3 is 20.1 Å². The molecule has 0 radical (unpaired) electrons. The van der Waals surface area contributed by atoms with Gasteiger partial charge in [0.2, 0.25) is 5.91 Å². The van der Waals surface area contributed by atoms with Crippen molar-refractivity contribution in [1.29, 1.82) is 0 Å². The normalized spacial score (nSPS) is 40.0. The van der Waals surface area contributed by atoms with E-state index in [1.165, 1.54) is 12.5 Å². The number of Topliss-reactive ketones (excluding diaryl/α,β-unsaturated/α-hetero) is 1. The van der Waals surface area contributed by atoms with Crippen molar-refractivity contribution in [2.24, 2.45) is 45.3 Å². The summed E-state index contributed by atoms with van der Waals surface area (Å²) in [5.74, 6) is 1.08. The summed E-state index contributed by atoms with van der Waals surface area (Å²) in [5.41, 5.74) is -0.259. The van der Waals surface area contributed by atoms with Crippen LogP contribution in [0.3, 0.4) is 0 Å². The third-order valence-electron chi connectivity index (χ3n) is 15.9. The van der Waals surface area contributed by atoms with Crippen molar-refractivity contribution in [3.8, 4) is 0 Å². The minimum absolute atomic E-state index is 0.0353. The van der Waals surface area contributed by atoms with Crippen LogP contribution in [0.2, 0.25) is 0 Å². The lowest BCUT2D eigenvalue weighted by Gasteiger charge is -2.72. The maximum absolute atomic E-state index is 14.7. The van der Waals surface area contributed by atoms with E-state index in [1.807, 2.05) is 20.8 Å². The maximum Gasteiger partial charge on any atom is 0.408 e. The Kier molecular flexibility index (Phi) is 9.48. The van der Waals surface area contributed by atoms with Gasteiger partial charge in [-0.3, -0.25) is 14.4 Å². The van der Waals surface area contributed by atoms with E-state index >= 15 is 0 Å². The van der Waals surface area contributed by atoms with Gasteiger partial charge in [0, 0.05) is 18.8 Å². The van der Waals surface area contributed by atoms with E-state index in [0.717, 1.165) is 76.2 Å². The first-order valence-corrected chi connectivity index (χ1v) is 20.3. The van der Waals surface area contributed by atoms with Crippen LogP contribution in [-0.2, 0) is 23.9 Å². The van der Waals surface area contributed by atoms with Crippen LogP contribution in [0.5, 0.6) is 0 Å². The van der Waals surface area contributed by atoms with Crippen LogP contribution in [0.25, 0.3) is 0 Å². The summed E-state index contributed by atoms with van der Waals surface area (Å²) in [6.45, 7) is 23.6. The summed E-state index contributed by atoms with van der Waals surface area (Å²) in [6.07, 6.45) is 11.5. The molecule has 0 aromatic carbocycles. The van der Waals surface area contributed by atoms with Gasteiger partial charge in [-0.15, -0.1) is 0 Å². The molecule has 0 aromatic heterocycles. The lowest BCUT2D eigenvalue weighted by molar-refractivity contribution is -0.231. The fourth-order valence-corrected chi connectivity index (χ4v) is 13.5. The number of amides is 2. The second-order valence-corrected chi connectivity index (χ2v) is 20.5. The Labute approximate surface area is 307 Å². The first-order chi connectivity index (χ1) is 23.6. The van der Waals surface area contributed by atoms with E-state index in [4.69, 9.17) is 9.47 Å². The van der Waals surface area contributed by atoms with Gasteiger partial charge in [-0.2, -0.15) is 0 Å². The summed E-state index contributed by atoms with van der Waals surface area (Å²) < 4.78 is 11.6. The summed E-state index contributed by atoms with van der Waals surface area (Å²) >= 11 is 0. The Bertz CT molecular complexity index is 1480. The van der Waals surface area contributed by atoms with Gasteiger partial charge in [-0.1, -0.05) is 67.7 Å². The highest BCUT2D eigenvalue weighted by atomic mass is 16.6. The van der Waals surface area contributed by atoms with Gasteiger partial charge in [0.25, 0.3) is 0 Å². The van der Waals surface area contributed by atoms with Crippen LogP contribution in [0.1, 0.15) is 166 Å². The predicted octanol–water partition coefficient (Wildman–Crippen LogP) is 9.00. The van der Waals surface area contributed by atoms with Crippen LogP contribution in [-0.4, -0.2) is 46.5 Å². The summed E-state index contributed by atoms with van der Waals surface area (Å²) in [7, 11) is 0. The smallest absolute Gasteiger partial charge is 0.408 e.